The Bertz CT molecular complexity index is 1280. The molecule has 0 N–H and O–H groups in total. The van der Waals surface area contributed by atoms with E-state index >= 15 is 0 Å². The summed E-state index contributed by atoms with van der Waals surface area (Å²) in [5, 5.41) is 0. The van der Waals surface area contributed by atoms with Gasteiger partial charge in [-0.1, -0.05) is 25.1 Å². The fraction of sp³-hybridized carbons (Fsp3) is 0.440. The Morgan fingerprint density at radius 3 is 2.32 bits per heavy atom. The lowest BCUT2D eigenvalue weighted by Crippen LogP contribution is -2.53. The van der Waals surface area contributed by atoms with E-state index in [9.17, 15) is 14.4 Å². The van der Waals surface area contributed by atoms with Crippen LogP contribution in [0.15, 0.2) is 52.3 Å². The van der Waals surface area contributed by atoms with E-state index in [2.05, 4.69) is 4.98 Å². The average Bonchev–Trinajstić information content (AvgIpc) is 3.24. The van der Waals surface area contributed by atoms with Crippen LogP contribution in [0.25, 0.3) is 5.69 Å². The third-order valence-corrected chi connectivity index (χ3v) is 6.60. The van der Waals surface area contributed by atoms with Crippen LogP contribution in [0, 0.1) is 19.8 Å². The predicted octanol–water partition coefficient (Wildman–Crippen LogP) is 1.82. The van der Waals surface area contributed by atoms with E-state index in [1.54, 1.807) is 17.7 Å². The third-order valence-electron chi connectivity index (χ3n) is 6.60. The molecule has 3 heterocycles. The van der Waals surface area contributed by atoms with E-state index in [1.807, 2.05) is 71.7 Å². The lowest BCUT2D eigenvalue weighted by Gasteiger charge is -2.37. The molecule has 2 aromatic heterocycles. The number of aromatic nitrogens is 4. The second kappa shape index (κ2) is 9.70. The van der Waals surface area contributed by atoms with Crippen LogP contribution in [0.3, 0.4) is 0 Å². The van der Waals surface area contributed by atoms with Crippen LogP contribution in [0.1, 0.15) is 25.4 Å². The molecule has 9 heteroatoms. The number of anilines is 1. The summed E-state index contributed by atoms with van der Waals surface area (Å²) in [7, 11) is 0. The summed E-state index contributed by atoms with van der Waals surface area (Å²) in [4.78, 5) is 47.5. The van der Waals surface area contributed by atoms with Crippen LogP contribution in [-0.2, 0) is 17.9 Å². The van der Waals surface area contributed by atoms with Crippen molar-refractivity contribution in [2.75, 3.05) is 31.1 Å². The quantitative estimate of drug-likeness (QED) is 0.556. The molecule has 1 aliphatic rings. The number of aryl methyl sites for hydroxylation is 1. The molecule has 1 fully saturated rings. The summed E-state index contributed by atoms with van der Waals surface area (Å²) < 4.78 is 4.87. The minimum absolute atomic E-state index is 0.102. The molecule has 180 valence electrons. The molecule has 0 aliphatic carbocycles. The van der Waals surface area contributed by atoms with Crippen molar-refractivity contribution in [2.24, 2.45) is 5.92 Å². The van der Waals surface area contributed by atoms with Crippen LogP contribution in [0.4, 0.5) is 5.69 Å². The van der Waals surface area contributed by atoms with Gasteiger partial charge in [0.15, 0.2) is 0 Å². The number of hydrogen-bond donors (Lipinski definition) is 0. The maximum atomic E-state index is 13.3. The highest BCUT2D eigenvalue weighted by molar-refractivity contribution is 5.78. The number of benzene rings is 1. The van der Waals surface area contributed by atoms with Crippen molar-refractivity contribution in [3.05, 3.63) is 75.1 Å². The van der Waals surface area contributed by atoms with Gasteiger partial charge in [0.1, 0.15) is 11.5 Å². The Labute approximate surface area is 198 Å². The third kappa shape index (κ3) is 4.30. The van der Waals surface area contributed by atoms with Gasteiger partial charge in [-0.15, -0.1) is 0 Å². The van der Waals surface area contributed by atoms with Gasteiger partial charge < -0.3 is 14.4 Å². The van der Waals surface area contributed by atoms with E-state index in [0.717, 1.165) is 11.5 Å². The van der Waals surface area contributed by atoms with Gasteiger partial charge in [0, 0.05) is 51.7 Å². The molecule has 1 aliphatic heterocycles. The van der Waals surface area contributed by atoms with Crippen LogP contribution >= 0.6 is 0 Å². The number of carbonyl (C=O) groups excluding carboxylic acids is 1. The molecule has 3 aromatic rings. The number of nitrogens with zero attached hydrogens (tertiary/aromatic N) is 6. The Morgan fingerprint density at radius 1 is 1.06 bits per heavy atom. The van der Waals surface area contributed by atoms with Gasteiger partial charge >= 0.3 is 5.69 Å². The Morgan fingerprint density at radius 2 is 1.74 bits per heavy atom. The molecule has 0 bridgehead atoms. The lowest BCUT2D eigenvalue weighted by atomic mass is 10.1. The molecule has 0 saturated carbocycles. The monoisotopic (exact) mass is 464 g/mol. The number of para-hydroxylation sites is 1. The summed E-state index contributed by atoms with van der Waals surface area (Å²) in [5.41, 5.74) is 1.26. The Balaban J connectivity index is 1.56. The molecule has 0 radical (unpaired) electrons. The van der Waals surface area contributed by atoms with Crippen LogP contribution in [0.5, 0.6) is 0 Å². The van der Waals surface area contributed by atoms with E-state index in [0.29, 0.717) is 50.6 Å². The normalized spacial score (nSPS) is 14.9. The molecular formula is C25H32N6O3. The largest absolute Gasteiger partial charge is 0.362 e. The zero-order chi connectivity index (χ0) is 24.4. The van der Waals surface area contributed by atoms with Crippen LogP contribution in [-0.4, -0.2) is 55.7 Å². The standard InChI is InChI=1S/C25H32N6O3/c1-5-30-24(33)22(19(3)31(25(30)34)21-9-7-6-8-10-21)27-13-15-28(16-14-27)23(32)18(2)17-29-12-11-26-20(29)4/h6-12,18H,5,13-17H2,1-4H3/t18-/m0/s1. The molecule has 1 saturated heterocycles. The van der Waals surface area contributed by atoms with Gasteiger partial charge in [0.2, 0.25) is 5.91 Å². The SMILES string of the molecule is CCn1c(=O)c(N2CCN(C(=O)[C@@H](C)Cn3ccnc3C)CC2)c(C)n(-c2ccccc2)c1=O. The van der Waals surface area contributed by atoms with Crippen molar-refractivity contribution >= 4 is 11.6 Å². The van der Waals surface area contributed by atoms with Crippen LogP contribution in [0.2, 0.25) is 0 Å². The minimum atomic E-state index is -0.336. The van der Waals surface area contributed by atoms with Gasteiger partial charge in [-0.2, -0.15) is 0 Å². The molecule has 1 aromatic carbocycles. The van der Waals surface area contributed by atoms with Crippen molar-refractivity contribution in [1.82, 2.24) is 23.6 Å². The van der Waals surface area contributed by atoms with Crippen molar-refractivity contribution in [1.29, 1.82) is 0 Å². The highest BCUT2D eigenvalue weighted by Crippen LogP contribution is 2.20. The molecule has 0 unspecified atom stereocenters. The van der Waals surface area contributed by atoms with E-state index in [1.165, 1.54) is 4.57 Å². The van der Waals surface area contributed by atoms with Gasteiger partial charge in [0.25, 0.3) is 5.56 Å². The Hall–Kier alpha value is -3.62. The molecule has 1 amide bonds. The number of carbonyl (C=O) groups is 1. The van der Waals surface area contributed by atoms with Crippen molar-refractivity contribution in [2.45, 2.75) is 40.8 Å². The predicted molar refractivity (Wildman–Crippen MR) is 132 cm³/mol. The summed E-state index contributed by atoms with van der Waals surface area (Å²) in [6, 6.07) is 9.37. The molecule has 4 rings (SSSR count). The van der Waals surface area contributed by atoms with Gasteiger partial charge in [-0.05, 0) is 32.9 Å². The highest BCUT2D eigenvalue weighted by Gasteiger charge is 2.28. The molecule has 34 heavy (non-hydrogen) atoms. The zero-order valence-electron chi connectivity index (χ0n) is 20.3. The Kier molecular flexibility index (Phi) is 6.72. The van der Waals surface area contributed by atoms with E-state index in [-0.39, 0.29) is 23.1 Å². The fourth-order valence-corrected chi connectivity index (χ4v) is 4.70. The molecule has 1 atom stereocenters. The van der Waals surface area contributed by atoms with Gasteiger partial charge in [-0.25, -0.2) is 9.78 Å². The summed E-state index contributed by atoms with van der Waals surface area (Å²) in [6.07, 6.45) is 3.63. The van der Waals surface area contributed by atoms with Crippen molar-refractivity contribution in [3.8, 4) is 5.69 Å². The molecule has 9 nitrogen and oxygen atoms in total. The summed E-state index contributed by atoms with van der Waals surface area (Å²) >= 11 is 0. The van der Waals surface area contributed by atoms with Gasteiger partial charge in [-0.3, -0.25) is 18.7 Å². The second-order valence-corrected chi connectivity index (χ2v) is 8.78. The van der Waals surface area contributed by atoms with Gasteiger partial charge in [0.05, 0.1) is 17.3 Å². The minimum Gasteiger partial charge on any atom is -0.362 e. The van der Waals surface area contributed by atoms with Crippen LogP contribution < -0.4 is 16.1 Å². The zero-order valence-corrected chi connectivity index (χ0v) is 20.3. The summed E-state index contributed by atoms with van der Waals surface area (Å²) in [5.74, 6) is 0.823. The van der Waals surface area contributed by atoms with Crippen molar-refractivity contribution in [3.63, 3.8) is 0 Å². The number of imidazole rings is 1. The topological polar surface area (TPSA) is 85.4 Å². The number of hydrogen-bond acceptors (Lipinski definition) is 5. The first kappa shape index (κ1) is 23.5. The first-order chi connectivity index (χ1) is 16.3. The fourth-order valence-electron chi connectivity index (χ4n) is 4.70. The molecule has 0 spiro atoms. The number of piperazine rings is 1. The first-order valence-corrected chi connectivity index (χ1v) is 11.8. The van der Waals surface area contributed by atoms with Crippen molar-refractivity contribution < 1.29 is 4.79 Å². The molecular weight excluding hydrogens is 432 g/mol. The lowest BCUT2D eigenvalue weighted by molar-refractivity contribution is -0.135. The first-order valence-electron chi connectivity index (χ1n) is 11.8. The van der Waals surface area contributed by atoms with E-state index in [4.69, 9.17) is 0 Å². The summed E-state index contributed by atoms with van der Waals surface area (Å²) in [6.45, 7) is 10.5. The second-order valence-electron chi connectivity index (χ2n) is 8.78. The number of amides is 1. The smallest absolute Gasteiger partial charge is 0.335 e. The maximum absolute atomic E-state index is 13.3. The average molecular weight is 465 g/mol. The van der Waals surface area contributed by atoms with E-state index < -0.39 is 0 Å². The maximum Gasteiger partial charge on any atom is 0.335 e. The highest BCUT2D eigenvalue weighted by atomic mass is 16.2. The number of rotatable bonds is 6.